The monoisotopic (exact) mass is 289 g/mol. The average Bonchev–Trinajstić information content (AvgIpc) is 2.47. The van der Waals surface area contributed by atoms with Gasteiger partial charge in [0, 0.05) is 6.20 Å². The summed E-state index contributed by atoms with van der Waals surface area (Å²) >= 11 is 0. The molecule has 1 heterocycles. The molecule has 0 aliphatic heterocycles. The number of nitrogens with zero attached hydrogens (tertiary/aromatic N) is 1. The highest BCUT2D eigenvalue weighted by Crippen LogP contribution is 2.30. The second kappa shape index (κ2) is 6.88. The Balaban J connectivity index is 2.01. The highest BCUT2D eigenvalue weighted by atomic mass is 19.4. The van der Waals surface area contributed by atoms with Gasteiger partial charge in [0.05, 0.1) is 0 Å². The van der Waals surface area contributed by atoms with E-state index in [2.05, 4.69) is 4.98 Å². The maximum absolute atomic E-state index is 12.7. The highest BCUT2D eigenvalue weighted by molar-refractivity contribution is 5.50. The van der Waals surface area contributed by atoms with Crippen LogP contribution in [0.15, 0.2) is 66.9 Å². The van der Waals surface area contributed by atoms with Crippen LogP contribution in [0.1, 0.15) is 16.8 Å². The summed E-state index contributed by atoms with van der Waals surface area (Å²) in [6.07, 6.45) is 4.06. The van der Waals surface area contributed by atoms with Gasteiger partial charge in [-0.3, -0.25) is 4.98 Å². The lowest BCUT2D eigenvalue weighted by atomic mass is 10.1. The minimum absolute atomic E-state index is 0.175. The molecule has 0 spiro atoms. The van der Waals surface area contributed by atoms with Crippen molar-refractivity contribution in [1.82, 2.24) is 4.98 Å². The topological polar surface area (TPSA) is 12.9 Å². The first-order valence-electron chi connectivity index (χ1n) is 6.47. The van der Waals surface area contributed by atoms with Gasteiger partial charge < -0.3 is 0 Å². The smallest absolute Gasteiger partial charge is 0.251 e. The molecule has 0 radical (unpaired) electrons. The van der Waals surface area contributed by atoms with Crippen LogP contribution in [0.25, 0.3) is 6.08 Å². The Labute approximate surface area is 121 Å². The molecule has 0 atom stereocenters. The van der Waals surface area contributed by atoms with Crippen LogP contribution in [0.3, 0.4) is 0 Å². The van der Waals surface area contributed by atoms with E-state index in [-0.39, 0.29) is 12.0 Å². The third-order valence-electron chi connectivity index (χ3n) is 2.83. The van der Waals surface area contributed by atoms with E-state index >= 15 is 0 Å². The number of allylic oxidation sites excluding steroid dienone is 3. The van der Waals surface area contributed by atoms with E-state index in [0.717, 1.165) is 11.8 Å². The molecular formula is C17H14F3N. The molecule has 0 amide bonds. The van der Waals surface area contributed by atoms with Gasteiger partial charge in [-0.25, -0.2) is 0 Å². The fourth-order valence-electron chi connectivity index (χ4n) is 1.86. The Morgan fingerprint density at radius 1 is 0.952 bits per heavy atom. The van der Waals surface area contributed by atoms with E-state index < -0.39 is 11.9 Å². The van der Waals surface area contributed by atoms with Crippen molar-refractivity contribution in [2.75, 3.05) is 0 Å². The summed E-state index contributed by atoms with van der Waals surface area (Å²) in [5.41, 5.74) is 0.399. The number of rotatable bonds is 4. The van der Waals surface area contributed by atoms with Crippen molar-refractivity contribution in [3.63, 3.8) is 0 Å². The SMILES string of the molecule is FC(F)(F)c1ncccc1CC=CC=Cc1ccccc1. The molecule has 0 aliphatic rings. The number of aromatic nitrogens is 1. The minimum atomic E-state index is -4.41. The number of alkyl halides is 3. The Kier molecular flexibility index (Phi) is 4.93. The van der Waals surface area contributed by atoms with Gasteiger partial charge in [-0.15, -0.1) is 0 Å². The van der Waals surface area contributed by atoms with Crippen molar-refractivity contribution in [2.45, 2.75) is 12.6 Å². The summed E-state index contributed by atoms with van der Waals surface area (Å²) in [4.78, 5) is 3.42. The molecule has 2 rings (SSSR count). The van der Waals surface area contributed by atoms with Gasteiger partial charge in [0.15, 0.2) is 0 Å². The van der Waals surface area contributed by atoms with Crippen LogP contribution in [-0.4, -0.2) is 4.98 Å². The van der Waals surface area contributed by atoms with E-state index in [0.29, 0.717) is 0 Å². The lowest BCUT2D eigenvalue weighted by Crippen LogP contribution is -2.11. The summed E-state index contributed by atoms with van der Waals surface area (Å²) in [6, 6.07) is 12.6. The van der Waals surface area contributed by atoms with E-state index in [1.807, 2.05) is 36.4 Å². The highest BCUT2D eigenvalue weighted by Gasteiger charge is 2.34. The first-order chi connectivity index (χ1) is 10.1. The lowest BCUT2D eigenvalue weighted by molar-refractivity contribution is -0.141. The molecule has 0 saturated carbocycles. The predicted octanol–water partition coefficient (Wildman–Crippen LogP) is 4.91. The standard InChI is InChI=1S/C17H14F3N/c18-17(19,20)16-15(12-7-13-21-16)11-6-2-5-10-14-8-3-1-4-9-14/h1-10,12-13H,11H2. The van der Waals surface area contributed by atoms with E-state index in [4.69, 9.17) is 0 Å². The molecule has 1 aromatic carbocycles. The van der Waals surface area contributed by atoms with Gasteiger partial charge in [-0.2, -0.15) is 13.2 Å². The summed E-state index contributed by atoms with van der Waals surface area (Å²) in [5.74, 6) is 0. The molecule has 0 fully saturated rings. The first-order valence-corrected chi connectivity index (χ1v) is 6.47. The second-order valence-corrected chi connectivity index (χ2v) is 4.41. The normalized spacial score (nSPS) is 12.3. The Bertz CT molecular complexity index is 628. The molecule has 0 unspecified atom stereocenters. The summed E-state index contributed by atoms with van der Waals surface area (Å²) < 4.78 is 38.2. The molecule has 2 aromatic rings. The number of hydrogen-bond acceptors (Lipinski definition) is 1. The Morgan fingerprint density at radius 3 is 2.43 bits per heavy atom. The van der Waals surface area contributed by atoms with Gasteiger partial charge in [0.1, 0.15) is 5.69 Å². The molecule has 0 N–H and O–H groups in total. The Morgan fingerprint density at radius 2 is 1.71 bits per heavy atom. The summed E-state index contributed by atoms with van der Waals surface area (Å²) in [7, 11) is 0. The number of hydrogen-bond donors (Lipinski definition) is 0. The van der Waals surface area contributed by atoms with E-state index in [1.165, 1.54) is 12.1 Å². The Hall–Kier alpha value is -2.36. The first kappa shape index (κ1) is 15.0. The summed E-state index contributed by atoms with van der Waals surface area (Å²) in [5, 5.41) is 0. The molecule has 21 heavy (non-hydrogen) atoms. The van der Waals surface area contributed by atoms with Crippen LogP contribution < -0.4 is 0 Å². The van der Waals surface area contributed by atoms with Gasteiger partial charge in [-0.1, -0.05) is 60.7 Å². The van der Waals surface area contributed by atoms with E-state index in [1.54, 1.807) is 18.2 Å². The molecule has 108 valence electrons. The largest absolute Gasteiger partial charge is 0.433 e. The minimum Gasteiger partial charge on any atom is -0.251 e. The third-order valence-corrected chi connectivity index (χ3v) is 2.83. The van der Waals surface area contributed by atoms with Crippen molar-refractivity contribution in [3.8, 4) is 0 Å². The van der Waals surface area contributed by atoms with Crippen LogP contribution in [0.4, 0.5) is 13.2 Å². The van der Waals surface area contributed by atoms with Gasteiger partial charge in [-0.05, 0) is 23.6 Å². The molecule has 0 aliphatic carbocycles. The van der Waals surface area contributed by atoms with Crippen molar-refractivity contribution in [3.05, 3.63) is 83.7 Å². The summed E-state index contributed by atoms with van der Waals surface area (Å²) in [6.45, 7) is 0. The second-order valence-electron chi connectivity index (χ2n) is 4.41. The quantitative estimate of drug-likeness (QED) is 0.729. The number of halogens is 3. The molecule has 1 aromatic heterocycles. The van der Waals surface area contributed by atoms with E-state index in [9.17, 15) is 13.2 Å². The zero-order chi connectivity index (χ0) is 15.1. The van der Waals surface area contributed by atoms with Crippen molar-refractivity contribution in [1.29, 1.82) is 0 Å². The van der Waals surface area contributed by atoms with Crippen LogP contribution in [0, 0.1) is 0 Å². The van der Waals surface area contributed by atoms with Crippen LogP contribution in [0.5, 0.6) is 0 Å². The number of benzene rings is 1. The fourth-order valence-corrected chi connectivity index (χ4v) is 1.86. The lowest BCUT2D eigenvalue weighted by Gasteiger charge is -2.09. The van der Waals surface area contributed by atoms with Gasteiger partial charge in [0.25, 0.3) is 0 Å². The molecule has 4 heteroatoms. The maximum Gasteiger partial charge on any atom is 0.433 e. The molecule has 1 nitrogen and oxygen atoms in total. The zero-order valence-corrected chi connectivity index (χ0v) is 11.2. The van der Waals surface area contributed by atoms with Crippen LogP contribution in [0.2, 0.25) is 0 Å². The predicted molar refractivity (Wildman–Crippen MR) is 77.6 cm³/mol. The molecule has 0 saturated heterocycles. The van der Waals surface area contributed by atoms with Crippen LogP contribution >= 0.6 is 0 Å². The van der Waals surface area contributed by atoms with Gasteiger partial charge >= 0.3 is 6.18 Å². The molecule has 0 bridgehead atoms. The van der Waals surface area contributed by atoms with Crippen molar-refractivity contribution in [2.24, 2.45) is 0 Å². The van der Waals surface area contributed by atoms with Crippen LogP contribution in [-0.2, 0) is 12.6 Å². The third kappa shape index (κ3) is 4.60. The maximum atomic E-state index is 12.7. The number of pyridine rings is 1. The zero-order valence-electron chi connectivity index (χ0n) is 11.2. The van der Waals surface area contributed by atoms with Gasteiger partial charge in [0.2, 0.25) is 0 Å². The average molecular weight is 289 g/mol. The van der Waals surface area contributed by atoms with Crippen molar-refractivity contribution < 1.29 is 13.2 Å². The van der Waals surface area contributed by atoms with Crippen molar-refractivity contribution >= 4 is 6.08 Å². The molecular weight excluding hydrogens is 275 g/mol. The fraction of sp³-hybridized carbons (Fsp3) is 0.118.